The second-order valence-corrected chi connectivity index (χ2v) is 6.90. The summed E-state index contributed by atoms with van der Waals surface area (Å²) in [5.74, 6) is -2.41. The maximum atomic E-state index is 11.9. The number of sulfonamides is 1. The van der Waals surface area contributed by atoms with Gasteiger partial charge in [-0.15, -0.1) is 0 Å². The minimum Gasteiger partial charge on any atom is -0.491 e. The van der Waals surface area contributed by atoms with Crippen LogP contribution in [0.15, 0.2) is 24.3 Å². The van der Waals surface area contributed by atoms with Crippen LogP contribution in [-0.4, -0.2) is 43.3 Å². The van der Waals surface area contributed by atoms with Gasteiger partial charge in [0.2, 0.25) is 15.9 Å². The molecule has 0 fully saturated rings. The molecule has 0 heterocycles. The maximum absolute atomic E-state index is 11.9. The number of anilines is 1. The number of carbonyl (C=O) groups is 2. The number of benzene rings is 1. The second-order valence-electron chi connectivity index (χ2n) is 5.18. The number of hydrogen-bond donors (Lipinski definition) is 3. The monoisotopic (exact) mass is 344 g/mol. The molecular formula is C14H20N2O6S. The van der Waals surface area contributed by atoms with Crippen molar-refractivity contribution < 1.29 is 27.9 Å². The number of rotatable bonds is 8. The average molecular weight is 344 g/mol. The first-order valence-corrected chi connectivity index (χ1v) is 8.53. The Bertz CT molecular complexity index is 654. The van der Waals surface area contributed by atoms with Crippen molar-refractivity contribution >= 4 is 27.6 Å². The predicted octanol–water partition coefficient (Wildman–Crippen LogP) is 0.805. The van der Waals surface area contributed by atoms with Crippen LogP contribution in [0.2, 0.25) is 0 Å². The van der Waals surface area contributed by atoms with Gasteiger partial charge in [-0.1, -0.05) is 0 Å². The van der Waals surface area contributed by atoms with Crippen molar-refractivity contribution in [3.8, 4) is 5.75 Å². The predicted molar refractivity (Wildman–Crippen MR) is 84.9 cm³/mol. The number of carboxylic acids is 1. The van der Waals surface area contributed by atoms with Crippen LogP contribution in [-0.2, 0) is 19.6 Å². The Morgan fingerprint density at radius 3 is 2.22 bits per heavy atom. The molecular weight excluding hydrogens is 324 g/mol. The number of nitrogens with one attached hydrogen (secondary N) is 2. The lowest BCUT2D eigenvalue weighted by Gasteiger charge is -2.12. The number of carbonyl (C=O) groups excluding carboxylic acids is 1. The lowest BCUT2D eigenvalue weighted by molar-refractivity contribution is -0.140. The van der Waals surface area contributed by atoms with Crippen molar-refractivity contribution in [2.24, 2.45) is 0 Å². The van der Waals surface area contributed by atoms with Crippen LogP contribution in [0.4, 0.5) is 5.69 Å². The first kappa shape index (κ1) is 18.8. The molecule has 1 rings (SSSR count). The molecule has 1 atom stereocenters. The molecule has 0 spiro atoms. The van der Waals surface area contributed by atoms with Gasteiger partial charge in [-0.25, -0.2) is 8.42 Å². The minimum absolute atomic E-state index is 0.00235. The summed E-state index contributed by atoms with van der Waals surface area (Å²) in [6.45, 7) is 4.98. The average Bonchev–Trinajstić information content (AvgIpc) is 2.39. The Kier molecular flexibility index (Phi) is 6.38. The van der Waals surface area contributed by atoms with Crippen LogP contribution >= 0.6 is 0 Å². The highest BCUT2D eigenvalue weighted by atomic mass is 32.2. The molecule has 0 saturated carbocycles. The summed E-state index contributed by atoms with van der Waals surface area (Å²) >= 11 is 0. The molecule has 0 bridgehead atoms. The lowest BCUT2D eigenvalue weighted by Crippen LogP contribution is -2.42. The zero-order valence-electron chi connectivity index (χ0n) is 13.1. The highest BCUT2D eigenvalue weighted by molar-refractivity contribution is 7.93. The molecule has 1 amide bonds. The number of aliphatic carboxylic acids is 1. The van der Waals surface area contributed by atoms with Gasteiger partial charge in [0.05, 0.1) is 6.10 Å². The first-order chi connectivity index (χ1) is 10.6. The molecule has 0 saturated heterocycles. The number of amides is 1. The van der Waals surface area contributed by atoms with E-state index in [9.17, 15) is 18.0 Å². The Morgan fingerprint density at radius 1 is 1.17 bits per heavy atom. The SMILES string of the molecule is CC(C)Oc1ccc(NS(=O)(=O)CC(=O)N[C@@H](C)C(=O)O)cc1. The van der Waals surface area contributed by atoms with Crippen LogP contribution in [0, 0.1) is 0 Å². The molecule has 8 nitrogen and oxygen atoms in total. The fraction of sp³-hybridized carbons (Fsp3) is 0.429. The van der Waals surface area contributed by atoms with Crippen molar-refractivity contribution in [2.45, 2.75) is 32.9 Å². The molecule has 0 aliphatic heterocycles. The van der Waals surface area contributed by atoms with Crippen molar-refractivity contribution in [1.82, 2.24) is 5.32 Å². The second kappa shape index (κ2) is 7.82. The van der Waals surface area contributed by atoms with Crippen molar-refractivity contribution in [3.05, 3.63) is 24.3 Å². The van der Waals surface area contributed by atoms with E-state index in [-0.39, 0.29) is 11.8 Å². The summed E-state index contributed by atoms with van der Waals surface area (Å²) in [6, 6.07) is 5.06. The van der Waals surface area contributed by atoms with E-state index in [1.54, 1.807) is 12.1 Å². The number of carboxylic acid groups (broad SMARTS) is 1. The summed E-state index contributed by atoms with van der Waals surface area (Å²) in [5.41, 5.74) is 0.278. The molecule has 23 heavy (non-hydrogen) atoms. The molecule has 3 N–H and O–H groups in total. The Labute approximate surface area is 134 Å². The topological polar surface area (TPSA) is 122 Å². The van der Waals surface area contributed by atoms with Gasteiger partial charge >= 0.3 is 5.97 Å². The van der Waals surface area contributed by atoms with E-state index in [2.05, 4.69) is 10.0 Å². The minimum atomic E-state index is -3.94. The summed E-state index contributed by atoms with van der Waals surface area (Å²) < 4.78 is 31.4. The van der Waals surface area contributed by atoms with Crippen LogP contribution in [0.25, 0.3) is 0 Å². The van der Waals surface area contributed by atoms with Crippen molar-refractivity contribution in [2.75, 3.05) is 10.5 Å². The summed E-state index contributed by atoms with van der Waals surface area (Å²) in [6.07, 6.45) is -0.00235. The molecule has 0 unspecified atom stereocenters. The van der Waals surface area contributed by atoms with Crippen molar-refractivity contribution in [3.63, 3.8) is 0 Å². The van der Waals surface area contributed by atoms with E-state index in [0.29, 0.717) is 5.75 Å². The van der Waals surface area contributed by atoms with E-state index in [0.717, 1.165) is 0 Å². The fourth-order valence-electron chi connectivity index (χ4n) is 1.61. The van der Waals surface area contributed by atoms with Gasteiger partial charge in [0, 0.05) is 5.69 Å². The van der Waals surface area contributed by atoms with Crippen LogP contribution in [0.3, 0.4) is 0 Å². The normalized spacial score (nSPS) is 12.5. The third kappa shape index (κ3) is 7.00. The van der Waals surface area contributed by atoms with E-state index in [1.165, 1.54) is 19.1 Å². The smallest absolute Gasteiger partial charge is 0.325 e. The molecule has 1 aromatic carbocycles. The van der Waals surface area contributed by atoms with Gasteiger partial charge in [-0.3, -0.25) is 14.3 Å². The lowest BCUT2D eigenvalue weighted by atomic mass is 10.3. The van der Waals surface area contributed by atoms with E-state index < -0.39 is 33.7 Å². The molecule has 0 radical (unpaired) electrons. The Hall–Kier alpha value is -2.29. The van der Waals surface area contributed by atoms with Crippen LogP contribution in [0.5, 0.6) is 5.75 Å². The quantitative estimate of drug-likeness (QED) is 0.641. The highest BCUT2D eigenvalue weighted by Crippen LogP contribution is 2.17. The van der Waals surface area contributed by atoms with Gasteiger partial charge in [0.25, 0.3) is 0 Å². The Morgan fingerprint density at radius 2 is 1.74 bits per heavy atom. The van der Waals surface area contributed by atoms with Crippen LogP contribution < -0.4 is 14.8 Å². The van der Waals surface area contributed by atoms with Gasteiger partial charge < -0.3 is 15.2 Å². The van der Waals surface area contributed by atoms with E-state index in [4.69, 9.17) is 9.84 Å². The zero-order chi connectivity index (χ0) is 17.6. The third-order valence-corrected chi connectivity index (χ3v) is 3.76. The largest absolute Gasteiger partial charge is 0.491 e. The highest BCUT2D eigenvalue weighted by Gasteiger charge is 2.20. The molecule has 9 heteroatoms. The number of ether oxygens (including phenoxy) is 1. The van der Waals surface area contributed by atoms with E-state index >= 15 is 0 Å². The maximum Gasteiger partial charge on any atom is 0.325 e. The van der Waals surface area contributed by atoms with Crippen molar-refractivity contribution in [1.29, 1.82) is 0 Å². The third-order valence-electron chi connectivity index (χ3n) is 2.57. The summed E-state index contributed by atoms with van der Waals surface area (Å²) in [4.78, 5) is 22.1. The van der Waals surface area contributed by atoms with E-state index in [1.807, 2.05) is 13.8 Å². The molecule has 0 aromatic heterocycles. The fourth-order valence-corrected chi connectivity index (χ4v) is 2.60. The van der Waals surface area contributed by atoms with Gasteiger partial charge in [-0.05, 0) is 45.0 Å². The summed E-state index contributed by atoms with van der Waals surface area (Å²) in [7, 11) is -3.94. The Balaban J connectivity index is 2.64. The van der Waals surface area contributed by atoms with Gasteiger partial charge in [-0.2, -0.15) is 0 Å². The molecule has 0 aliphatic rings. The molecule has 0 aliphatic carbocycles. The molecule has 1 aromatic rings. The molecule has 128 valence electrons. The standard InChI is InChI=1S/C14H20N2O6S/c1-9(2)22-12-6-4-11(5-7-12)16-23(20,21)8-13(17)15-10(3)14(18)19/h4-7,9-10,16H,8H2,1-3H3,(H,15,17)(H,18,19)/t10-/m0/s1. The summed E-state index contributed by atoms with van der Waals surface area (Å²) in [5, 5.41) is 10.7. The zero-order valence-corrected chi connectivity index (χ0v) is 13.9. The van der Waals surface area contributed by atoms with Gasteiger partial charge in [0.15, 0.2) is 0 Å². The first-order valence-electron chi connectivity index (χ1n) is 6.88. The number of hydrogen-bond acceptors (Lipinski definition) is 5. The van der Waals surface area contributed by atoms with Gasteiger partial charge in [0.1, 0.15) is 17.5 Å². The van der Waals surface area contributed by atoms with Crippen LogP contribution in [0.1, 0.15) is 20.8 Å².